The van der Waals surface area contributed by atoms with Crippen LogP contribution in [-0.4, -0.2) is 72.8 Å². The van der Waals surface area contributed by atoms with Crippen LogP contribution in [0.4, 0.5) is 0 Å². The molecule has 0 aliphatic carbocycles. The first-order valence-electron chi connectivity index (χ1n) is 14.7. The Hall–Kier alpha value is -3.71. The summed E-state index contributed by atoms with van der Waals surface area (Å²) in [7, 11) is 0.889. The molecule has 0 aromatic carbocycles. The zero-order valence-corrected chi connectivity index (χ0v) is 30.0. The summed E-state index contributed by atoms with van der Waals surface area (Å²) in [5.41, 5.74) is 0.337. The maximum absolute atomic E-state index is 11.3. The molecule has 0 amide bonds. The largest absolute Gasteiger partial charge is 0.303 e. The Labute approximate surface area is 276 Å². The Morgan fingerprint density at radius 1 is 0.674 bits per heavy atom. The van der Waals surface area contributed by atoms with Crippen LogP contribution in [0.25, 0.3) is 0 Å². The fourth-order valence-corrected chi connectivity index (χ4v) is 3.50. The van der Waals surface area contributed by atoms with Crippen molar-refractivity contribution < 1.29 is 43.4 Å². The van der Waals surface area contributed by atoms with Crippen LogP contribution >= 0.6 is 0 Å². The van der Waals surface area contributed by atoms with Gasteiger partial charge in [-0.2, -0.15) is 0 Å². The molecule has 13 nitrogen and oxygen atoms in total. The summed E-state index contributed by atoms with van der Waals surface area (Å²) in [4.78, 5) is 92.6. The van der Waals surface area contributed by atoms with Gasteiger partial charge in [-0.25, -0.2) is 0 Å². The molecule has 3 radical (unpaired) electrons. The molecule has 263 valence electrons. The number of nitro groups is 2. The quantitative estimate of drug-likeness (QED) is 0.0428. The number of rotatable bonds is 15. The van der Waals surface area contributed by atoms with E-state index < -0.39 is 21.7 Å². The van der Waals surface area contributed by atoms with Crippen LogP contribution in [0.5, 0.6) is 0 Å². The molecule has 0 heterocycles. The number of carbonyl (C=O) groups excluding carboxylic acids is 7. The highest BCUT2D eigenvalue weighted by atomic mass is 16.6. The molecule has 0 spiro atoms. The van der Waals surface area contributed by atoms with Crippen molar-refractivity contribution in [2.24, 2.45) is 29.6 Å². The van der Waals surface area contributed by atoms with Crippen LogP contribution in [-0.2, 0) is 33.6 Å². The fraction of sp³-hybridized carbons (Fsp3) is 0.719. The third-order valence-corrected chi connectivity index (χ3v) is 5.12. The van der Waals surface area contributed by atoms with Crippen molar-refractivity contribution in [2.45, 2.75) is 109 Å². The molecule has 14 heteroatoms. The van der Waals surface area contributed by atoms with Crippen LogP contribution in [0.3, 0.4) is 0 Å². The van der Waals surface area contributed by atoms with Gasteiger partial charge in [0.25, 0.3) is 0 Å². The Morgan fingerprint density at radius 3 is 1.17 bits per heavy atom. The third kappa shape index (κ3) is 47.2. The molecule has 0 aliphatic rings. The Balaban J connectivity index is -0.000000117. The maximum atomic E-state index is 11.3. The number of Topliss-reactive ketones (excluding diaryl/α,β-unsaturated/α-hetero) is 6. The predicted octanol–water partition coefficient (Wildman–Crippen LogP) is 5.15. The van der Waals surface area contributed by atoms with Crippen molar-refractivity contribution in [1.82, 2.24) is 0 Å². The van der Waals surface area contributed by atoms with Crippen molar-refractivity contribution in [3.05, 3.63) is 31.9 Å². The summed E-state index contributed by atoms with van der Waals surface area (Å²) < 4.78 is 0. The second-order valence-electron chi connectivity index (χ2n) is 11.8. The van der Waals surface area contributed by atoms with Crippen molar-refractivity contribution in [3.8, 4) is 0 Å². The van der Waals surface area contributed by atoms with E-state index in [4.69, 9.17) is 10.1 Å². The van der Waals surface area contributed by atoms with Gasteiger partial charge in [0, 0.05) is 30.6 Å². The first-order chi connectivity index (χ1) is 20.3. The van der Waals surface area contributed by atoms with E-state index in [1.165, 1.54) is 41.5 Å². The van der Waals surface area contributed by atoms with Crippen LogP contribution in [0, 0.1) is 49.8 Å². The van der Waals surface area contributed by atoms with Crippen LogP contribution in [0.15, 0.2) is 11.6 Å². The summed E-state index contributed by atoms with van der Waals surface area (Å²) in [5.74, 6) is -1.02. The number of hydrogen-bond donors (Lipinski definition) is 0. The number of aldehydes is 1. The molecule has 0 aliphatic heterocycles. The lowest BCUT2D eigenvalue weighted by Gasteiger charge is -2.21. The molecule has 0 aromatic rings. The smallest absolute Gasteiger partial charge is 0.207 e. The van der Waals surface area contributed by atoms with Gasteiger partial charge >= 0.3 is 0 Å². The Bertz CT molecular complexity index is 958. The summed E-state index contributed by atoms with van der Waals surface area (Å²) in [5, 5.41) is 19.3. The van der Waals surface area contributed by atoms with Gasteiger partial charge in [0.1, 0.15) is 29.4 Å². The van der Waals surface area contributed by atoms with E-state index in [9.17, 15) is 43.7 Å². The summed E-state index contributed by atoms with van der Waals surface area (Å²) in [6.07, 6.45) is 4.76. The molecule has 0 rings (SSSR count). The molecule has 0 fully saturated rings. The second kappa shape index (κ2) is 32.7. The van der Waals surface area contributed by atoms with Gasteiger partial charge in [-0.15, -0.1) is 0 Å². The minimum Gasteiger partial charge on any atom is -0.303 e. The van der Waals surface area contributed by atoms with Crippen molar-refractivity contribution in [1.29, 1.82) is 0 Å². The van der Waals surface area contributed by atoms with Crippen LogP contribution < -0.4 is 0 Å². The monoisotopic (exact) mass is 655 g/mol. The highest BCUT2D eigenvalue weighted by Crippen LogP contribution is 2.23. The number of hydrogen-bond acceptors (Lipinski definition) is 11. The average Bonchev–Trinajstić information content (AvgIpc) is 2.77. The van der Waals surface area contributed by atoms with Gasteiger partial charge in [0.15, 0.2) is 18.6 Å². The summed E-state index contributed by atoms with van der Waals surface area (Å²) in [6.45, 7) is 20.0. The highest BCUT2D eigenvalue weighted by molar-refractivity contribution is 6.18. The van der Waals surface area contributed by atoms with E-state index in [0.29, 0.717) is 30.3 Å². The molecule has 0 saturated carbocycles. The van der Waals surface area contributed by atoms with Gasteiger partial charge in [0.2, 0.25) is 6.54 Å². The van der Waals surface area contributed by atoms with E-state index in [1.54, 1.807) is 6.08 Å². The lowest BCUT2D eigenvalue weighted by atomic mass is 9.81. The minimum atomic E-state index is -0.826. The minimum absolute atomic E-state index is 0. The molecular formula is C32H56BN2O11. The molecule has 0 N–H and O–H groups in total. The number of allylic oxidation sites excluding steroid dienone is 2. The van der Waals surface area contributed by atoms with Gasteiger partial charge in [-0.3, -0.25) is 49.0 Å². The predicted molar refractivity (Wildman–Crippen MR) is 179 cm³/mol. The van der Waals surface area contributed by atoms with Gasteiger partial charge < -0.3 is 4.79 Å². The number of nitrogens with zero attached hydrogens (tertiary/aromatic N) is 2. The SMILES string of the molecule is CC(=O)C(=CCC(C)C)C(C)=O.CC(=O)C(C(C)=O)C(CC(C)C)C[N+](=O)[O-].CC(=O)CC(C)=O.CC(C)CC=O.C[N+](=O)[O-].[B]. The molecule has 0 aromatic heterocycles. The van der Waals surface area contributed by atoms with E-state index in [2.05, 4.69) is 0 Å². The zero-order valence-electron chi connectivity index (χ0n) is 30.0. The normalized spacial score (nSPS) is 10.0. The highest BCUT2D eigenvalue weighted by Gasteiger charge is 2.33. The van der Waals surface area contributed by atoms with E-state index in [1.807, 2.05) is 41.5 Å². The van der Waals surface area contributed by atoms with Gasteiger partial charge in [-0.1, -0.05) is 47.6 Å². The lowest BCUT2D eigenvalue weighted by Crippen LogP contribution is -2.33. The zero-order chi connectivity index (χ0) is 37.0. The van der Waals surface area contributed by atoms with Crippen molar-refractivity contribution >= 4 is 49.4 Å². The first kappa shape index (κ1) is 54.8. The van der Waals surface area contributed by atoms with E-state index in [0.717, 1.165) is 19.8 Å². The van der Waals surface area contributed by atoms with Gasteiger partial charge in [0.05, 0.1) is 17.9 Å². The first-order valence-corrected chi connectivity index (χ1v) is 14.7. The average molecular weight is 656 g/mol. The van der Waals surface area contributed by atoms with Crippen molar-refractivity contribution in [2.75, 3.05) is 13.6 Å². The lowest BCUT2D eigenvalue weighted by molar-refractivity contribution is -0.489. The summed E-state index contributed by atoms with van der Waals surface area (Å²) in [6, 6.07) is 0. The molecule has 1 atom stereocenters. The molecule has 0 saturated heterocycles. The van der Waals surface area contributed by atoms with Crippen LogP contribution in [0.2, 0.25) is 0 Å². The third-order valence-electron chi connectivity index (χ3n) is 5.12. The van der Waals surface area contributed by atoms with Crippen LogP contribution in [0.1, 0.15) is 109 Å². The molecule has 46 heavy (non-hydrogen) atoms. The molecular weight excluding hydrogens is 599 g/mol. The number of carbonyl (C=O) groups is 7. The van der Waals surface area contributed by atoms with Gasteiger partial charge in [-0.05, 0) is 72.1 Å². The Kier molecular flexibility index (Phi) is 38.9. The van der Waals surface area contributed by atoms with Crippen molar-refractivity contribution in [3.63, 3.8) is 0 Å². The maximum Gasteiger partial charge on any atom is 0.207 e. The standard InChI is InChI=1S/C11H19NO4.C10H16O2.C5H8O2.C5H10O.CH3NO2.B/c1-7(2)5-10(6-12(15)16)11(8(3)13)9(4)14;1-7(2)5-6-10(8(3)11)9(4)12;1-4(6)3-5(2)7;1-5(2)3-4-6;1-2(3)4;/h7,10-11H,5-6H2,1-4H3;6-7H,5H2,1-4H3;3H2,1-2H3;4-5H,3H2,1-2H3;1H3;. The molecule has 1 unspecified atom stereocenters. The molecule has 0 bridgehead atoms. The number of ketones is 6. The summed E-state index contributed by atoms with van der Waals surface area (Å²) >= 11 is 0. The fourth-order valence-electron chi connectivity index (χ4n) is 3.50. The topological polar surface area (TPSA) is 206 Å². The Morgan fingerprint density at radius 2 is 1.02 bits per heavy atom. The van der Waals surface area contributed by atoms with E-state index in [-0.39, 0.29) is 62.0 Å². The van der Waals surface area contributed by atoms with E-state index >= 15 is 0 Å². The second-order valence-corrected chi connectivity index (χ2v) is 11.8.